The number of rotatable bonds is 4. The maximum atomic E-state index is 5.47. The van der Waals surface area contributed by atoms with E-state index in [0.29, 0.717) is 5.41 Å². The summed E-state index contributed by atoms with van der Waals surface area (Å²) in [5.74, 6) is 0. The third-order valence-corrected chi connectivity index (χ3v) is 5.29. The molecule has 0 aromatic heterocycles. The van der Waals surface area contributed by atoms with E-state index in [1.165, 1.54) is 58.5 Å². The first-order chi connectivity index (χ1) is 10.1. The van der Waals surface area contributed by atoms with E-state index in [4.69, 9.17) is 4.74 Å². The SMILES string of the molecule is CC(C)(CN1CCOCC1)CN1CCCN2CCCC2C1. The molecule has 3 aliphatic heterocycles. The van der Waals surface area contributed by atoms with Crippen molar-refractivity contribution in [2.45, 2.75) is 39.2 Å². The van der Waals surface area contributed by atoms with Crippen molar-refractivity contribution in [3.8, 4) is 0 Å². The Morgan fingerprint density at radius 3 is 2.43 bits per heavy atom. The van der Waals surface area contributed by atoms with Crippen molar-refractivity contribution in [1.29, 1.82) is 0 Å². The molecule has 3 heterocycles. The van der Waals surface area contributed by atoms with E-state index < -0.39 is 0 Å². The maximum Gasteiger partial charge on any atom is 0.0594 e. The van der Waals surface area contributed by atoms with Gasteiger partial charge < -0.3 is 9.64 Å². The molecule has 4 nitrogen and oxygen atoms in total. The van der Waals surface area contributed by atoms with Crippen LogP contribution in [-0.4, -0.2) is 86.3 Å². The number of hydrogen-bond donors (Lipinski definition) is 0. The van der Waals surface area contributed by atoms with Crippen LogP contribution in [0.25, 0.3) is 0 Å². The second kappa shape index (κ2) is 6.95. The lowest BCUT2D eigenvalue weighted by atomic mass is 9.91. The minimum absolute atomic E-state index is 0.380. The van der Waals surface area contributed by atoms with Gasteiger partial charge in [-0.3, -0.25) is 9.80 Å². The van der Waals surface area contributed by atoms with Crippen molar-refractivity contribution in [1.82, 2.24) is 14.7 Å². The second-order valence-corrected chi connectivity index (χ2v) is 7.97. The number of ether oxygens (including phenoxy) is 1. The van der Waals surface area contributed by atoms with Crippen LogP contribution in [0.1, 0.15) is 33.1 Å². The Kier molecular flexibility index (Phi) is 5.20. The summed E-state index contributed by atoms with van der Waals surface area (Å²) >= 11 is 0. The molecule has 0 aliphatic carbocycles. The van der Waals surface area contributed by atoms with Gasteiger partial charge in [-0.15, -0.1) is 0 Å². The second-order valence-electron chi connectivity index (χ2n) is 7.97. The number of hydrogen-bond acceptors (Lipinski definition) is 4. The number of morpholine rings is 1. The van der Waals surface area contributed by atoms with Gasteiger partial charge in [0.05, 0.1) is 13.2 Å². The van der Waals surface area contributed by atoms with Gasteiger partial charge in [-0.25, -0.2) is 0 Å². The third kappa shape index (κ3) is 4.41. The van der Waals surface area contributed by atoms with Gasteiger partial charge in [0.1, 0.15) is 0 Å². The molecule has 21 heavy (non-hydrogen) atoms. The molecule has 0 aromatic carbocycles. The Labute approximate surface area is 130 Å². The normalized spacial score (nSPS) is 30.3. The van der Waals surface area contributed by atoms with Crippen molar-refractivity contribution in [2.75, 3.05) is 65.6 Å². The highest BCUT2D eigenvalue weighted by Crippen LogP contribution is 2.25. The Hall–Kier alpha value is -0.160. The van der Waals surface area contributed by atoms with Crippen LogP contribution >= 0.6 is 0 Å². The Morgan fingerprint density at radius 2 is 1.62 bits per heavy atom. The summed E-state index contributed by atoms with van der Waals surface area (Å²) in [5.41, 5.74) is 0.380. The molecule has 0 N–H and O–H groups in total. The zero-order valence-corrected chi connectivity index (χ0v) is 14.0. The van der Waals surface area contributed by atoms with E-state index in [1.807, 2.05) is 0 Å². The fourth-order valence-corrected chi connectivity index (χ4v) is 4.45. The quantitative estimate of drug-likeness (QED) is 0.782. The summed E-state index contributed by atoms with van der Waals surface area (Å²) in [4.78, 5) is 8.06. The first kappa shape index (κ1) is 15.7. The van der Waals surface area contributed by atoms with E-state index >= 15 is 0 Å². The predicted octanol–water partition coefficient (Wildman–Crippen LogP) is 1.51. The molecule has 3 rings (SSSR count). The summed E-state index contributed by atoms with van der Waals surface area (Å²) in [6.07, 6.45) is 4.18. The van der Waals surface area contributed by atoms with Crippen LogP contribution in [0.15, 0.2) is 0 Å². The monoisotopic (exact) mass is 295 g/mol. The highest BCUT2D eigenvalue weighted by molar-refractivity contribution is 4.87. The molecule has 0 radical (unpaired) electrons. The van der Waals surface area contributed by atoms with Gasteiger partial charge in [-0.2, -0.15) is 0 Å². The fourth-order valence-electron chi connectivity index (χ4n) is 4.45. The van der Waals surface area contributed by atoms with Crippen LogP contribution in [0.4, 0.5) is 0 Å². The summed E-state index contributed by atoms with van der Waals surface area (Å²) in [7, 11) is 0. The van der Waals surface area contributed by atoms with E-state index in [9.17, 15) is 0 Å². The molecular weight excluding hydrogens is 262 g/mol. The molecular formula is C17H33N3O. The summed E-state index contributed by atoms with van der Waals surface area (Å²) in [6.45, 7) is 16.6. The molecule has 0 spiro atoms. The van der Waals surface area contributed by atoms with Crippen LogP contribution in [-0.2, 0) is 4.74 Å². The zero-order valence-electron chi connectivity index (χ0n) is 14.0. The molecule has 0 bridgehead atoms. The van der Waals surface area contributed by atoms with E-state index in [-0.39, 0.29) is 0 Å². The summed E-state index contributed by atoms with van der Waals surface area (Å²) in [5, 5.41) is 0. The van der Waals surface area contributed by atoms with E-state index in [2.05, 4.69) is 28.5 Å². The van der Waals surface area contributed by atoms with Gasteiger partial charge in [-0.05, 0) is 44.3 Å². The van der Waals surface area contributed by atoms with Gasteiger partial charge in [-0.1, -0.05) is 13.8 Å². The smallest absolute Gasteiger partial charge is 0.0594 e. The van der Waals surface area contributed by atoms with Gasteiger partial charge >= 0.3 is 0 Å². The predicted molar refractivity (Wildman–Crippen MR) is 86.7 cm³/mol. The van der Waals surface area contributed by atoms with Gasteiger partial charge in [0.25, 0.3) is 0 Å². The first-order valence-corrected chi connectivity index (χ1v) is 8.89. The van der Waals surface area contributed by atoms with Gasteiger partial charge in [0.2, 0.25) is 0 Å². The average molecular weight is 295 g/mol. The molecule has 0 aromatic rings. The molecule has 122 valence electrons. The van der Waals surface area contributed by atoms with Crippen LogP contribution in [0.3, 0.4) is 0 Å². The molecule has 3 aliphatic rings. The highest BCUT2D eigenvalue weighted by atomic mass is 16.5. The third-order valence-electron chi connectivity index (χ3n) is 5.29. The van der Waals surface area contributed by atoms with Crippen LogP contribution in [0, 0.1) is 5.41 Å². The number of fused-ring (bicyclic) bond motifs is 1. The van der Waals surface area contributed by atoms with E-state index in [1.54, 1.807) is 0 Å². The largest absolute Gasteiger partial charge is 0.379 e. The standard InChI is InChI=1S/C17H33N3O/c1-17(2,14-18-9-11-21-12-10-18)15-19-6-4-8-20-7-3-5-16(20)13-19/h16H,3-15H2,1-2H3. The van der Waals surface area contributed by atoms with Crippen LogP contribution in [0.2, 0.25) is 0 Å². The van der Waals surface area contributed by atoms with Crippen molar-refractivity contribution in [2.24, 2.45) is 5.41 Å². The highest BCUT2D eigenvalue weighted by Gasteiger charge is 2.32. The minimum atomic E-state index is 0.380. The molecule has 0 amide bonds. The fraction of sp³-hybridized carbons (Fsp3) is 1.00. The molecule has 3 fully saturated rings. The maximum absolute atomic E-state index is 5.47. The Morgan fingerprint density at radius 1 is 0.905 bits per heavy atom. The topological polar surface area (TPSA) is 19.0 Å². The first-order valence-electron chi connectivity index (χ1n) is 8.89. The Bertz CT molecular complexity index is 328. The van der Waals surface area contributed by atoms with Gasteiger partial charge in [0.15, 0.2) is 0 Å². The van der Waals surface area contributed by atoms with Crippen molar-refractivity contribution >= 4 is 0 Å². The molecule has 4 heteroatoms. The van der Waals surface area contributed by atoms with Crippen molar-refractivity contribution < 1.29 is 4.74 Å². The van der Waals surface area contributed by atoms with Crippen molar-refractivity contribution in [3.63, 3.8) is 0 Å². The average Bonchev–Trinajstić information content (AvgIpc) is 2.78. The van der Waals surface area contributed by atoms with Gasteiger partial charge in [0, 0.05) is 38.8 Å². The molecule has 1 atom stereocenters. The molecule has 3 saturated heterocycles. The summed E-state index contributed by atoms with van der Waals surface area (Å²) < 4.78 is 5.47. The minimum Gasteiger partial charge on any atom is -0.379 e. The van der Waals surface area contributed by atoms with Crippen LogP contribution < -0.4 is 0 Å². The lowest BCUT2D eigenvalue weighted by Crippen LogP contribution is -2.47. The summed E-state index contributed by atoms with van der Waals surface area (Å²) in [6, 6.07) is 0.840. The lowest BCUT2D eigenvalue weighted by molar-refractivity contribution is 0.0147. The zero-order chi connectivity index (χ0) is 14.7. The molecule has 1 unspecified atom stereocenters. The van der Waals surface area contributed by atoms with E-state index in [0.717, 1.165) is 32.3 Å². The van der Waals surface area contributed by atoms with Crippen molar-refractivity contribution in [3.05, 3.63) is 0 Å². The lowest BCUT2D eigenvalue weighted by Gasteiger charge is -2.38. The molecule has 0 saturated carbocycles. The number of nitrogens with zero attached hydrogens (tertiary/aromatic N) is 3. The Balaban J connectivity index is 1.51. The van der Waals surface area contributed by atoms with Crippen LogP contribution in [0.5, 0.6) is 0 Å².